The number of nitrogens with zero attached hydrogens (tertiary/aromatic N) is 1. The molecule has 1 aromatic heterocycles. The normalized spacial score (nSPS) is 15.6. The van der Waals surface area contributed by atoms with E-state index >= 15 is 0 Å². The molecule has 0 amide bonds. The second-order valence-corrected chi connectivity index (χ2v) is 7.26. The molecule has 2 aromatic rings. The smallest absolute Gasteiger partial charge is 0.0641 e. The van der Waals surface area contributed by atoms with Gasteiger partial charge in [0.1, 0.15) is 0 Å². The van der Waals surface area contributed by atoms with Crippen molar-refractivity contribution in [2.75, 3.05) is 0 Å². The lowest BCUT2D eigenvalue weighted by Gasteiger charge is -2.20. The molecule has 1 aliphatic heterocycles. The number of allylic oxidation sites excluding steroid dienone is 5. The lowest BCUT2D eigenvalue weighted by Crippen LogP contribution is -2.19. The van der Waals surface area contributed by atoms with Gasteiger partial charge in [0.25, 0.3) is 0 Å². The first-order chi connectivity index (χ1) is 13.2. The topological polar surface area (TPSA) is 37.0 Å². The molecule has 2 N–H and O–H groups in total. The average Bonchev–Trinajstić information content (AvgIpc) is 2.85. The number of rotatable bonds is 4. The lowest BCUT2D eigenvalue weighted by atomic mass is 9.95. The van der Waals surface area contributed by atoms with Gasteiger partial charge in [0, 0.05) is 46.7 Å². The number of aromatic nitrogens is 1. The fourth-order valence-corrected chi connectivity index (χ4v) is 3.87. The largest absolute Gasteiger partial charge is 0.362 e. The SMILES string of the molecule is C#CC1=CNC2=C(NSc3cccc(-c4cccnc4)c3)C=CC(C)=C1C2. The number of hydrogen-bond donors (Lipinski definition) is 2. The Bertz CT molecular complexity index is 1040. The molecule has 1 aromatic carbocycles. The molecule has 0 saturated carbocycles. The van der Waals surface area contributed by atoms with E-state index in [1.54, 1.807) is 18.1 Å². The Morgan fingerprint density at radius 3 is 2.89 bits per heavy atom. The summed E-state index contributed by atoms with van der Waals surface area (Å²) >= 11 is 1.60. The minimum Gasteiger partial charge on any atom is -0.362 e. The summed E-state index contributed by atoms with van der Waals surface area (Å²) in [5.74, 6) is 2.77. The van der Waals surface area contributed by atoms with Crippen molar-refractivity contribution in [1.29, 1.82) is 0 Å². The van der Waals surface area contributed by atoms with Crippen molar-refractivity contribution in [2.24, 2.45) is 0 Å². The molecule has 0 radical (unpaired) electrons. The molecular formula is C23H19N3S. The van der Waals surface area contributed by atoms with Crippen molar-refractivity contribution in [3.63, 3.8) is 0 Å². The fraction of sp³-hybridized carbons (Fsp3) is 0.0870. The predicted octanol–water partition coefficient (Wildman–Crippen LogP) is 4.95. The molecule has 132 valence electrons. The van der Waals surface area contributed by atoms with Crippen LogP contribution in [0.1, 0.15) is 13.3 Å². The van der Waals surface area contributed by atoms with Crippen molar-refractivity contribution >= 4 is 11.9 Å². The third-order valence-electron chi connectivity index (χ3n) is 4.63. The van der Waals surface area contributed by atoms with Crippen LogP contribution in [-0.2, 0) is 0 Å². The summed E-state index contributed by atoms with van der Waals surface area (Å²) in [5.41, 5.74) is 7.81. The van der Waals surface area contributed by atoms with E-state index < -0.39 is 0 Å². The van der Waals surface area contributed by atoms with Crippen LogP contribution in [0.4, 0.5) is 0 Å². The fourth-order valence-electron chi connectivity index (χ4n) is 3.11. The molecule has 4 heteroatoms. The minimum atomic E-state index is 0.813. The van der Waals surface area contributed by atoms with Crippen LogP contribution >= 0.6 is 11.9 Å². The first-order valence-electron chi connectivity index (χ1n) is 8.72. The van der Waals surface area contributed by atoms with Gasteiger partial charge in [-0.15, -0.1) is 6.42 Å². The summed E-state index contributed by atoms with van der Waals surface area (Å²) in [7, 11) is 0. The average molecular weight is 369 g/mol. The number of pyridine rings is 1. The number of terminal acetylenes is 1. The van der Waals surface area contributed by atoms with E-state index in [-0.39, 0.29) is 0 Å². The van der Waals surface area contributed by atoms with E-state index in [0.29, 0.717) is 0 Å². The Morgan fingerprint density at radius 2 is 2.07 bits per heavy atom. The Labute approximate surface area is 164 Å². The third kappa shape index (κ3) is 3.69. The summed E-state index contributed by atoms with van der Waals surface area (Å²) in [6.07, 6.45) is 16.3. The van der Waals surface area contributed by atoms with E-state index in [4.69, 9.17) is 6.42 Å². The molecular weight excluding hydrogens is 350 g/mol. The van der Waals surface area contributed by atoms with Gasteiger partial charge in [-0.2, -0.15) is 0 Å². The molecule has 3 nitrogen and oxygen atoms in total. The molecule has 1 aliphatic carbocycles. The Morgan fingerprint density at radius 1 is 1.19 bits per heavy atom. The first-order valence-corrected chi connectivity index (χ1v) is 9.54. The van der Waals surface area contributed by atoms with Gasteiger partial charge in [0.2, 0.25) is 0 Å². The lowest BCUT2D eigenvalue weighted by molar-refractivity contribution is 0.892. The zero-order chi connectivity index (χ0) is 18.6. The van der Waals surface area contributed by atoms with Gasteiger partial charge >= 0.3 is 0 Å². The summed E-state index contributed by atoms with van der Waals surface area (Å²) in [6.45, 7) is 2.10. The zero-order valence-corrected chi connectivity index (χ0v) is 15.8. The third-order valence-corrected chi connectivity index (χ3v) is 5.45. The monoisotopic (exact) mass is 369 g/mol. The van der Waals surface area contributed by atoms with Crippen LogP contribution in [0.15, 0.2) is 100 Å². The molecule has 0 atom stereocenters. The molecule has 0 saturated heterocycles. The molecule has 2 aliphatic rings. The van der Waals surface area contributed by atoms with Crippen LogP contribution in [0.5, 0.6) is 0 Å². The highest BCUT2D eigenvalue weighted by atomic mass is 32.2. The van der Waals surface area contributed by atoms with Gasteiger partial charge in [-0.3, -0.25) is 4.98 Å². The summed E-state index contributed by atoms with van der Waals surface area (Å²) < 4.78 is 3.49. The predicted molar refractivity (Wildman–Crippen MR) is 112 cm³/mol. The minimum absolute atomic E-state index is 0.813. The van der Waals surface area contributed by atoms with Crippen molar-refractivity contribution in [3.05, 3.63) is 95.3 Å². The highest BCUT2D eigenvalue weighted by Gasteiger charge is 2.19. The molecule has 2 heterocycles. The number of benzene rings is 1. The Hall–Kier alpha value is -3.16. The quantitative estimate of drug-likeness (QED) is 0.590. The van der Waals surface area contributed by atoms with Gasteiger partial charge in [-0.1, -0.05) is 30.2 Å². The Balaban J connectivity index is 1.54. The van der Waals surface area contributed by atoms with Crippen molar-refractivity contribution in [3.8, 4) is 23.5 Å². The summed E-state index contributed by atoms with van der Waals surface area (Å²) in [5, 5.41) is 3.34. The molecule has 4 rings (SSSR count). The second kappa shape index (κ2) is 7.61. The summed E-state index contributed by atoms with van der Waals surface area (Å²) in [4.78, 5) is 5.35. The zero-order valence-electron chi connectivity index (χ0n) is 15.0. The molecule has 2 bridgehead atoms. The maximum absolute atomic E-state index is 5.63. The standard InChI is InChI=1S/C23H19N3S/c1-3-17-15-25-23-13-21(17)16(2)9-10-22(23)26-27-20-8-4-6-18(12-20)19-7-5-11-24-14-19/h1,4-12,14-15,25-26H,13H2,2H3. The second-order valence-electron chi connectivity index (χ2n) is 6.38. The van der Waals surface area contributed by atoms with Crippen LogP contribution in [0.2, 0.25) is 0 Å². The molecule has 0 spiro atoms. The molecule has 0 fully saturated rings. The number of hydrogen-bond acceptors (Lipinski definition) is 4. The Kier molecular flexibility index (Phi) is 4.86. The highest BCUT2D eigenvalue weighted by molar-refractivity contribution is 7.97. The number of nitrogens with one attached hydrogen (secondary N) is 2. The number of fused-ring (bicyclic) bond motifs is 2. The van der Waals surface area contributed by atoms with Gasteiger partial charge in [-0.05, 0) is 59.9 Å². The van der Waals surface area contributed by atoms with E-state index in [0.717, 1.165) is 39.4 Å². The first kappa shape index (κ1) is 17.3. The maximum atomic E-state index is 5.63. The van der Waals surface area contributed by atoms with Gasteiger partial charge < -0.3 is 10.0 Å². The van der Waals surface area contributed by atoms with E-state index in [1.165, 1.54) is 11.1 Å². The maximum Gasteiger partial charge on any atom is 0.0641 e. The van der Waals surface area contributed by atoms with E-state index in [2.05, 4.69) is 70.4 Å². The summed E-state index contributed by atoms with van der Waals surface area (Å²) in [6, 6.07) is 12.5. The van der Waals surface area contributed by atoms with Gasteiger partial charge in [0.15, 0.2) is 0 Å². The van der Waals surface area contributed by atoms with Gasteiger partial charge in [-0.25, -0.2) is 0 Å². The van der Waals surface area contributed by atoms with Crippen LogP contribution in [0.25, 0.3) is 11.1 Å². The van der Waals surface area contributed by atoms with Crippen LogP contribution in [0.3, 0.4) is 0 Å². The van der Waals surface area contributed by atoms with E-state index in [1.807, 2.05) is 18.5 Å². The van der Waals surface area contributed by atoms with E-state index in [9.17, 15) is 0 Å². The van der Waals surface area contributed by atoms with Crippen LogP contribution in [-0.4, -0.2) is 4.98 Å². The molecule has 0 unspecified atom stereocenters. The van der Waals surface area contributed by atoms with Crippen molar-refractivity contribution in [1.82, 2.24) is 15.0 Å². The van der Waals surface area contributed by atoms with Crippen molar-refractivity contribution < 1.29 is 0 Å². The van der Waals surface area contributed by atoms with Crippen LogP contribution < -0.4 is 10.0 Å². The molecule has 27 heavy (non-hydrogen) atoms. The highest BCUT2D eigenvalue weighted by Crippen LogP contribution is 2.31. The van der Waals surface area contributed by atoms with Gasteiger partial charge in [0.05, 0.1) is 5.70 Å². The van der Waals surface area contributed by atoms with Crippen molar-refractivity contribution in [2.45, 2.75) is 18.2 Å². The van der Waals surface area contributed by atoms with Crippen LogP contribution in [0, 0.1) is 12.3 Å².